The molecule has 0 aliphatic carbocycles. The number of aryl methyl sites for hydroxylation is 4. The summed E-state index contributed by atoms with van der Waals surface area (Å²) in [5, 5.41) is 7.36. The number of carbonyl (C=O) groups excluding carboxylic acids is 3. The Hall–Kier alpha value is -6.88. The minimum Gasteiger partial charge on any atom is -0.495 e. The number of rotatable bonds is 16. The lowest BCUT2D eigenvalue weighted by atomic mass is 10.1. The maximum absolute atomic E-state index is 13.6. The van der Waals surface area contributed by atoms with Crippen molar-refractivity contribution in [3.8, 4) is 23.1 Å². The van der Waals surface area contributed by atoms with Crippen molar-refractivity contribution in [1.82, 2.24) is 39.4 Å². The lowest BCUT2D eigenvalue weighted by molar-refractivity contribution is 0.0988. The fourth-order valence-corrected chi connectivity index (χ4v) is 6.83. The number of aldehydes is 1. The quantitative estimate of drug-likeness (QED) is 0.0630. The van der Waals surface area contributed by atoms with Gasteiger partial charge in [0.05, 0.1) is 36.1 Å². The molecule has 0 unspecified atom stereocenters. The predicted octanol–water partition coefficient (Wildman–Crippen LogP) is 5.48. The normalized spacial score (nSPS) is 11.7. The maximum atomic E-state index is 13.6. The molecule has 0 fully saturated rings. The van der Waals surface area contributed by atoms with Gasteiger partial charge in [-0.2, -0.15) is 0 Å². The van der Waals surface area contributed by atoms with E-state index in [-0.39, 0.29) is 23.8 Å². The summed E-state index contributed by atoms with van der Waals surface area (Å²) in [6.07, 6.45) is 7.47. The molecule has 17 heteroatoms. The van der Waals surface area contributed by atoms with Crippen molar-refractivity contribution in [2.45, 2.75) is 53.6 Å². The molecule has 0 atom stereocenters. The number of imidazole rings is 1. The number of oxazole rings is 2. The first-order valence-electron chi connectivity index (χ1n) is 18.4. The zero-order chi connectivity index (χ0) is 40.4. The minimum absolute atomic E-state index is 0.0955. The molecule has 0 saturated heterocycles. The van der Waals surface area contributed by atoms with Gasteiger partial charge in [-0.05, 0) is 57.6 Å². The van der Waals surface area contributed by atoms with Crippen LogP contribution >= 0.6 is 0 Å². The molecule has 5 aromatic heterocycles. The van der Waals surface area contributed by atoms with E-state index in [1.165, 1.54) is 7.11 Å². The molecule has 2 aromatic carbocycles. The second-order valence-corrected chi connectivity index (χ2v) is 13.3. The molecule has 57 heavy (non-hydrogen) atoms. The van der Waals surface area contributed by atoms with Crippen molar-refractivity contribution in [1.29, 1.82) is 0 Å². The molecule has 0 radical (unpaired) electrons. The Morgan fingerprint density at radius 1 is 0.930 bits per heavy atom. The summed E-state index contributed by atoms with van der Waals surface area (Å²) in [4.78, 5) is 60.9. The van der Waals surface area contributed by atoms with Crippen LogP contribution in [0, 0.1) is 20.8 Å². The third kappa shape index (κ3) is 7.43. The number of anilines is 1. The first kappa shape index (κ1) is 38.4. The van der Waals surface area contributed by atoms with Crippen molar-refractivity contribution < 1.29 is 32.7 Å². The molecule has 7 aromatic rings. The van der Waals surface area contributed by atoms with E-state index in [1.807, 2.05) is 37.6 Å². The van der Waals surface area contributed by atoms with Crippen LogP contribution in [0.1, 0.15) is 67.8 Å². The molecular weight excluding hydrogens is 733 g/mol. The topological polar surface area (TPSA) is 220 Å². The van der Waals surface area contributed by atoms with E-state index in [1.54, 1.807) is 48.9 Å². The van der Waals surface area contributed by atoms with Gasteiger partial charge in [0.25, 0.3) is 5.91 Å². The van der Waals surface area contributed by atoms with E-state index in [2.05, 4.69) is 25.6 Å². The van der Waals surface area contributed by atoms with Crippen LogP contribution in [-0.4, -0.2) is 79.5 Å². The molecule has 294 valence electrons. The highest BCUT2D eigenvalue weighted by Gasteiger charge is 2.24. The zero-order valence-electron chi connectivity index (χ0n) is 32.4. The number of benzene rings is 2. The largest absolute Gasteiger partial charge is 0.495 e. The minimum atomic E-state index is -0.605. The van der Waals surface area contributed by atoms with Crippen molar-refractivity contribution in [3.05, 3.63) is 82.7 Å². The highest BCUT2D eigenvalue weighted by molar-refractivity contribution is 6.12. The summed E-state index contributed by atoms with van der Waals surface area (Å²) in [7, 11) is 3.38. The number of allylic oxidation sites excluding steroid dienone is 2. The number of carbonyl (C=O) groups is 3. The summed E-state index contributed by atoms with van der Waals surface area (Å²) in [5.41, 5.74) is 9.79. The van der Waals surface area contributed by atoms with Gasteiger partial charge in [-0.15, -0.1) is 0 Å². The van der Waals surface area contributed by atoms with Crippen LogP contribution in [0.15, 0.2) is 51.4 Å². The van der Waals surface area contributed by atoms with Crippen LogP contribution in [0.4, 0.5) is 5.95 Å². The second kappa shape index (κ2) is 16.1. The molecule has 0 bridgehead atoms. The lowest BCUT2D eigenvalue weighted by Crippen LogP contribution is -2.17. The van der Waals surface area contributed by atoms with Gasteiger partial charge in [-0.25, -0.2) is 24.9 Å². The van der Waals surface area contributed by atoms with Crippen LogP contribution in [0.25, 0.3) is 44.6 Å². The average Bonchev–Trinajstić information content (AvgIpc) is 3.95. The van der Waals surface area contributed by atoms with E-state index in [9.17, 15) is 14.4 Å². The molecule has 17 nitrogen and oxygen atoms in total. The second-order valence-electron chi connectivity index (χ2n) is 13.3. The van der Waals surface area contributed by atoms with Gasteiger partial charge in [0.2, 0.25) is 17.6 Å². The Kier molecular flexibility index (Phi) is 10.8. The number of nitrogens with one attached hydrogen (secondary N) is 2. The Balaban J connectivity index is 1.32. The molecular formula is C40H42N10O7. The Morgan fingerprint density at radius 2 is 1.70 bits per heavy atom. The zero-order valence-corrected chi connectivity index (χ0v) is 32.4. The van der Waals surface area contributed by atoms with Crippen LogP contribution < -0.4 is 25.8 Å². The van der Waals surface area contributed by atoms with Crippen LogP contribution in [0.3, 0.4) is 0 Å². The molecule has 7 rings (SSSR count). The molecule has 0 aliphatic rings. The third-order valence-electron chi connectivity index (χ3n) is 9.38. The monoisotopic (exact) mass is 774 g/mol. The Labute approximate surface area is 326 Å². The van der Waals surface area contributed by atoms with Crippen molar-refractivity contribution in [3.63, 3.8) is 0 Å². The number of nitrogens with zero attached hydrogens (tertiary/aromatic N) is 7. The Morgan fingerprint density at radius 3 is 2.39 bits per heavy atom. The summed E-state index contributed by atoms with van der Waals surface area (Å²) in [6, 6.07) is 6.61. The number of primary amides is 1. The van der Waals surface area contributed by atoms with Crippen LogP contribution in [0.2, 0.25) is 0 Å². The molecule has 0 aliphatic heterocycles. The Bertz CT molecular complexity index is 2700. The van der Waals surface area contributed by atoms with E-state index in [4.69, 9.17) is 34.0 Å². The molecule has 0 saturated carbocycles. The number of amides is 2. The maximum Gasteiger partial charge on any atom is 0.295 e. The fraction of sp³-hybridized carbons (Fsp3) is 0.300. The number of aromatic nitrogens is 7. The van der Waals surface area contributed by atoms with Gasteiger partial charge in [-0.3, -0.25) is 19.7 Å². The molecule has 0 spiro atoms. The highest BCUT2D eigenvalue weighted by Crippen LogP contribution is 2.37. The van der Waals surface area contributed by atoms with Gasteiger partial charge < -0.3 is 38.5 Å². The first-order chi connectivity index (χ1) is 27.5. The summed E-state index contributed by atoms with van der Waals surface area (Å²) in [6.45, 7) is 8.78. The predicted molar refractivity (Wildman–Crippen MR) is 212 cm³/mol. The van der Waals surface area contributed by atoms with Gasteiger partial charge >= 0.3 is 0 Å². The van der Waals surface area contributed by atoms with Crippen LogP contribution in [-0.2, 0) is 19.5 Å². The van der Waals surface area contributed by atoms with Crippen molar-refractivity contribution in [2.24, 2.45) is 5.73 Å². The van der Waals surface area contributed by atoms with E-state index in [0.29, 0.717) is 104 Å². The van der Waals surface area contributed by atoms with Gasteiger partial charge in [0, 0.05) is 55.0 Å². The molecule has 2 amide bonds. The van der Waals surface area contributed by atoms with Crippen molar-refractivity contribution >= 4 is 57.0 Å². The van der Waals surface area contributed by atoms with E-state index < -0.39 is 11.8 Å². The average molecular weight is 775 g/mol. The fourth-order valence-electron chi connectivity index (χ4n) is 6.83. The SMILES string of the molecule is CCc1nc(C)oc1C(=O)Nc1nc2cc(C=O)cc(OCCCNC)c2n1C/C=C/Cn1c2nc(-c3oc(C)nc3C)ncc2c2cc(C(N)=O)cc(OC)c21. The number of nitrogens with two attached hydrogens (primary N) is 1. The molecule has 4 N–H and O–H groups in total. The molecule has 5 heterocycles. The highest BCUT2D eigenvalue weighted by atomic mass is 16.5. The number of methoxy groups -OCH3 is 1. The van der Waals surface area contributed by atoms with E-state index in [0.717, 1.165) is 19.3 Å². The standard InChI is InChI=1S/C40H42N10O7/c1-7-28-35(57-23(4)45-28)39(53)48-40-46-29-15-24(20-51)16-31(55-14-10-11-42-5)33(29)50(40)13-9-8-12-49-32-26(17-25(36(41)52)18-30(32)54-6)27-19-43-37(47-38(27)49)34-21(2)44-22(3)56-34/h8-9,15-20,42H,7,10-14H2,1-6H3,(H2,41,52)(H,46,48,53)/b9-8+. The summed E-state index contributed by atoms with van der Waals surface area (Å²) < 4.78 is 27.3. The number of ether oxygens (including phenoxy) is 2. The lowest BCUT2D eigenvalue weighted by Gasteiger charge is -2.12. The number of fused-ring (bicyclic) bond motifs is 4. The van der Waals surface area contributed by atoms with Gasteiger partial charge in [0.15, 0.2) is 23.4 Å². The van der Waals surface area contributed by atoms with Gasteiger partial charge in [0.1, 0.15) is 28.9 Å². The number of hydrogen-bond acceptors (Lipinski definition) is 13. The van der Waals surface area contributed by atoms with E-state index >= 15 is 0 Å². The van der Waals surface area contributed by atoms with Crippen LogP contribution in [0.5, 0.6) is 11.5 Å². The summed E-state index contributed by atoms with van der Waals surface area (Å²) >= 11 is 0. The van der Waals surface area contributed by atoms with Crippen molar-refractivity contribution in [2.75, 3.05) is 32.6 Å². The third-order valence-corrected chi connectivity index (χ3v) is 9.38. The first-order valence-corrected chi connectivity index (χ1v) is 18.4. The van der Waals surface area contributed by atoms with Gasteiger partial charge in [-0.1, -0.05) is 19.1 Å². The number of hydrogen-bond donors (Lipinski definition) is 3. The smallest absolute Gasteiger partial charge is 0.295 e. The summed E-state index contributed by atoms with van der Waals surface area (Å²) in [5.74, 6) is 1.71.